The third-order valence-electron chi connectivity index (χ3n) is 5.72. The maximum atomic E-state index is 12.7. The molecule has 2 aliphatic rings. The molecule has 0 aliphatic carbocycles. The SMILES string of the molecule is C[C@]1(CN2CCNCC2CC=Cc2ccc(C(F)(F)F)cc2)Cn2cc([N+](=O)[O-])nc2O1. The number of benzene rings is 1. The topological polar surface area (TPSA) is 85.5 Å². The first-order valence-electron chi connectivity index (χ1n) is 10.3. The van der Waals surface area contributed by atoms with E-state index in [1.807, 2.05) is 19.1 Å². The number of imidazole rings is 1. The van der Waals surface area contributed by atoms with Crippen LogP contribution in [0, 0.1) is 10.1 Å². The summed E-state index contributed by atoms with van der Waals surface area (Å²) >= 11 is 0. The van der Waals surface area contributed by atoms with Crippen LogP contribution in [-0.4, -0.2) is 57.2 Å². The highest BCUT2D eigenvalue weighted by molar-refractivity contribution is 5.50. The number of ether oxygens (including phenoxy) is 1. The quantitative estimate of drug-likeness (QED) is 0.536. The number of aromatic nitrogens is 2. The Bertz CT molecular complexity index is 980. The van der Waals surface area contributed by atoms with E-state index in [1.165, 1.54) is 18.3 Å². The van der Waals surface area contributed by atoms with Gasteiger partial charge in [-0.1, -0.05) is 24.3 Å². The molecule has 2 aromatic rings. The molecule has 0 radical (unpaired) electrons. The first-order valence-corrected chi connectivity index (χ1v) is 10.3. The number of rotatable bonds is 6. The van der Waals surface area contributed by atoms with Crippen molar-refractivity contribution in [3.8, 4) is 6.01 Å². The van der Waals surface area contributed by atoms with Crippen molar-refractivity contribution in [1.82, 2.24) is 19.8 Å². The van der Waals surface area contributed by atoms with Crippen molar-refractivity contribution >= 4 is 11.9 Å². The Morgan fingerprint density at radius 1 is 1.38 bits per heavy atom. The monoisotopic (exact) mass is 451 g/mol. The number of nitrogens with one attached hydrogen (secondary N) is 1. The number of alkyl halides is 3. The molecule has 2 atom stereocenters. The van der Waals surface area contributed by atoms with Crippen molar-refractivity contribution < 1.29 is 22.8 Å². The summed E-state index contributed by atoms with van der Waals surface area (Å²) in [6.07, 6.45) is 1.58. The van der Waals surface area contributed by atoms with Gasteiger partial charge in [-0.15, -0.1) is 0 Å². The Morgan fingerprint density at radius 3 is 2.78 bits per heavy atom. The maximum absolute atomic E-state index is 12.7. The molecule has 0 bridgehead atoms. The van der Waals surface area contributed by atoms with Crippen LogP contribution in [0.1, 0.15) is 24.5 Å². The van der Waals surface area contributed by atoms with Crippen LogP contribution in [0.3, 0.4) is 0 Å². The van der Waals surface area contributed by atoms with Crippen LogP contribution >= 0.6 is 0 Å². The number of piperazine rings is 1. The zero-order valence-corrected chi connectivity index (χ0v) is 17.5. The van der Waals surface area contributed by atoms with Crippen LogP contribution in [0.25, 0.3) is 6.08 Å². The minimum Gasteiger partial charge on any atom is -0.436 e. The molecule has 3 heterocycles. The van der Waals surface area contributed by atoms with Crippen LogP contribution in [0.4, 0.5) is 19.0 Å². The zero-order valence-electron chi connectivity index (χ0n) is 17.5. The average Bonchev–Trinajstić information content (AvgIpc) is 3.24. The second-order valence-corrected chi connectivity index (χ2v) is 8.40. The van der Waals surface area contributed by atoms with E-state index >= 15 is 0 Å². The summed E-state index contributed by atoms with van der Waals surface area (Å²) < 4.78 is 45.7. The molecule has 0 spiro atoms. The van der Waals surface area contributed by atoms with Gasteiger partial charge in [0, 0.05) is 37.2 Å². The fourth-order valence-corrected chi connectivity index (χ4v) is 4.18. The molecule has 1 fully saturated rings. The van der Waals surface area contributed by atoms with Crippen molar-refractivity contribution in [2.75, 3.05) is 26.2 Å². The third kappa shape index (κ3) is 4.94. The number of hydrogen-bond acceptors (Lipinski definition) is 6. The van der Waals surface area contributed by atoms with E-state index in [0.29, 0.717) is 18.7 Å². The third-order valence-corrected chi connectivity index (χ3v) is 5.72. The zero-order chi connectivity index (χ0) is 22.9. The molecule has 2 aliphatic heterocycles. The molecule has 32 heavy (non-hydrogen) atoms. The number of halogens is 3. The van der Waals surface area contributed by atoms with Crippen LogP contribution in [-0.2, 0) is 12.7 Å². The van der Waals surface area contributed by atoms with Gasteiger partial charge in [-0.05, 0) is 36.0 Å². The normalized spacial score (nSPS) is 23.9. The molecule has 0 amide bonds. The predicted molar refractivity (Wildman–Crippen MR) is 111 cm³/mol. The van der Waals surface area contributed by atoms with E-state index in [0.717, 1.165) is 38.2 Å². The summed E-state index contributed by atoms with van der Waals surface area (Å²) in [5.41, 5.74) is -0.497. The van der Waals surface area contributed by atoms with E-state index in [2.05, 4.69) is 15.2 Å². The molecule has 1 unspecified atom stereocenters. The second kappa shape index (κ2) is 8.55. The number of nitrogens with zero attached hydrogens (tertiary/aromatic N) is 4. The first kappa shape index (κ1) is 22.3. The fourth-order valence-electron chi connectivity index (χ4n) is 4.18. The van der Waals surface area contributed by atoms with E-state index in [4.69, 9.17) is 4.74 Å². The molecule has 11 heteroatoms. The maximum Gasteiger partial charge on any atom is 0.416 e. The molecule has 1 aromatic carbocycles. The largest absolute Gasteiger partial charge is 0.436 e. The van der Waals surface area contributed by atoms with Gasteiger partial charge in [-0.3, -0.25) is 9.47 Å². The van der Waals surface area contributed by atoms with Gasteiger partial charge in [0.05, 0.1) is 12.1 Å². The minimum atomic E-state index is -4.34. The van der Waals surface area contributed by atoms with Crippen molar-refractivity contribution in [3.05, 3.63) is 57.8 Å². The van der Waals surface area contributed by atoms with Gasteiger partial charge in [0.2, 0.25) is 0 Å². The van der Waals surface area contributed by atoms with E-state index in [9.17, 15) is 23.3 Å². The lowest BCUT2D eigenvalue weighted by Gasteiger charge is -2.39. The van der Waals surface area contributed by atoms with E-state index in [-0.39, 0.29) is 17.9 Å². The Morgan fingerprint density at radius 2 is 2.12 bits per heavy atom. The molecule has 1 saturated heterocycles. The molecular weight excluding hydrogens is 427 g/mol. The van der Waals surface area contributed by atoms with Gasteiger partial charge in [-0.2, -0.15) is 13.2 Å². The van der Waals surface area contributed by atoms with Gasteiger partial charge in [-0.25, -0.2) is 0 Å². The lowest BCUT2D eigenvalue weighted by molar-refractivity contribution is -0.389. The highest BCUT2D eigenvalue weighted by Gasteiger charge is 2.42. The summed E-state index contributed by atoms with van der Waals surface area (Å²) in [5.74, 6) is -0.226. The number of hydrogen-bond donors (Lipinski definition) is 1. The summed E-state index contributed by atoms with van der Waals surface area (Å²) in [7, 11) is 0. The molecule has 4 rings (SSSR count). The van der Waals surface area contributed by atoms with E-state index < -0.39 is 22.3 Å². The number of nitro groups is 1. The smallest absolute Gasteiger partial charge is 0.416 e. The van der Waals surface area contributed by atoms with Crippen molar-refractivity contribution in [2.24, 2.45) is 0 Å². The lowest BCUT2D eigenvalue weighted by atomic mass is 10.0. The Kier molecular flexibility index (Phi) is 5.95. The van der Waals surface area contributed by atoms with Crippen molar-refractivity contribution in [2.45, 2.75) is 37.7 Å². The van der Waals surface area contributed by atoms with Crippen molar-refractivity contribution in [1.29, 1.82) is 0 Å². The molecule has 1 N–H and O–H groups in total. The molecule has 1 aromatic heterocycles. The Balaban J connectivity index is 1.36. The van der Waals surface area contributed by atoms with E-state index in [1.54, 1.807) is 4.57 Å². The Labute approximate surface area is 182 Å². The van der Waals surface area contributed by atoms with Crippen molar-refractivity contribution in [3.63, 3.8) is 0 Å². The Hall–Kier alpha value is -2.92. The van der Waals surface area contributed by atoms with Crippen LogP contribution in [0.5, 0.6) is 6.01 Å². The highest BCUT2D eigenvalue weighted by atomic mass is 19.4. The average molecular weight is 451 g/mol. The van der Waals surface area contributed by atoms with Gasteiger partial charge in [0.1, 0.15) is 11.8 Å². The summed E-state index contributed by atoms with van der Waals surface area (Å²) in [4.78, 5) is 16.6. The summed E-state index contributed by atoms with van der Waals surface area (Å²) in [5, 5.41) is 14.3. The standard InChI is InChI=1S/C21H24F3N5O3/c1-20(14-28-12-18(29(30)31)26-19(28)32-20)13-27-10-9-25-11-17(27)4-2-3-15-5-7-16(8-6-15)21(22,23)24/h2-3,5-8,12,17,25H,4,9-11,13-14H2,1H3/t17?,20-/m0/s1. The molecule has 0 saturated carbocycles. The minimum absolute atomic E-state index is 0.192. The molecular formula is C21H24F3N5O3. The van der Waals surface area contributed by atoms with Gasteiger partial charge >= 0.3 is 18.0 Å². The highest BCUT2D eigenvalue weighted by Crippen LogP contribution is 2.32. The predicted octanol–water partition coefficient (Wildman–Crippen LogP) is 3.34. The fraction of sp³-hybridized carbons (Fsp3) is 0.476. The molecule has 8 nitrogen and oxygen atoms in total. The summed E-state index contributed by atoms with van der Waals surface area (Å²) in [6, 6.07) is 5.54. The van der Waals surface area contributed by atoms with Gasteiger partial charge < -0.3 is 20.2 Å². The van der Waals surface area contributed by atoms with Gasteiger partial charge in [0.25, 0.3) is 0 Å². The second-order valence-electron chi connectivity index (χ2n) is 8.40. The van der Waals surface area contributed by atoms with Gasteiger partial charge in [0.15, 0.2) is 0 Å². The number of fused-ring (bicyclic) bond motifs is 1. The summed E-state index contributed by atoms with van der Waals surface area (Å²) in [6.45, 7) is 5.51. The molecule has 172 valence electrons. The lowest BCUT2D eigenvalue weighted by Crippen LogP contribution is -2.56. The van der Waals surface area contributed by atoms with Crippen LogP contribution < -0.4 is 10.1 Å². The first-order chi connectivity index (χ1) is 15.1. The van der Waals surface area contributed by atoms with Crippen LogP contribution in [0.15, 0.2) is 36.5 Å². The van der Waals surface area contributed by atoms with Crippen LogP contribution in [0.2, 0.25) is 0 Å².